The number of piperazine rings is 1. The highest BCUT2D eigenvalue weighted by Crippen LogP contribution is 2.12. The Morgan fingerprint density at radius 3 is 2.55 bits per heavy atom. The van der Waals surface area contributed by atoms with Crippen molar-refractivity contribution >= 4 is 5.91 Å². The molecule has 1 amide bonds. The molecule has 0 aliphatic carbocycles. The zero-order valence-electron chi connectivity index (χ0n) is 14.0. The average Bonchev–Trinajstić information content (AvgIpc) is 2.93. The van der Waals surface area contributed by atoms with E-state index in [1.165, 1.54) is 25.7 Å². The Bertz CT molecular complexity index is 451. The lowest BCUT2D eigenvalue weighted by atomic mass is 10.1. The number of nitrogens with zero attached hydrogens (tertiary/aromatic N) is 3. The fraction of sp³-hybridized carbons (Fsp3) is 0.765. The number of unbranched alkanes of at least 4 members (excludes halogenated alkanes) is 4. The molecule has 1 aliphatic heterocycles. The molecule has 5 heteroatoms. The summed E-state index contributed by atoms with van der Waals surface area (Å²) in [5, 5.41) is 3.91. The summed E-state index contributed by atoms with van der Waals surface area (Å²) in [5.41, 5.74) is 0.923. The van der Waals surface area contributed by atoms with E-state index >= 15 is 0 Å². The van der Waals surface area contributed by atoms with Gasteiger partial charge in [0.25, 0.3) is 0 Å². The fourth-order valence-corrected chi connectivity index (χ4v) is 2.90. The number of rotatable bonds is 8. The molecular formula is C17H29N3O2. The molecule has 0 radical (unpaired) electrons. The average molecular weight is 307 g/mol. The quantitative estimate of drug-likeness (QED) is 0.693. The van der Waals surface area contributed by atoms with Crippen LogP contribution in [0, 0.1) is 6.92 Å². The largest absolute Gasteiger partial charge is 0.360 e. The van der Waals surface area contributed by atoms with Gasteiger partial charge in [-0.05, 0) is 13.3 Å². The first-order valence-electron chi connectivity index (χ1n) is 8.61. The van der Waals surface area contributed by atoms with E-state index in [-0.39, 0.29) is 0 Å². The van der Waals surface area contributed by atoms with Crippen molar-refractivity contribution in [2.75, 3.05) is 26.2 Å². The third-order valence-electron chi connectivity index (χ3n) is 4.28. The van der Waals surface area contributed by atoms with Gasteiger partial charge < -0.3 is 9.42 Å². The van der Waals surface area contributed by atoms with Crippen LogP contribution in [-0.2, 0) is 11.3 Å². The molecule has 1 aromatic rings. The van der Waals surface area contributed by atoms with Gasteiger partial charge in [-0.1, -0.05) is 37.8 Å². The highest BCUT2D eigenvalue weighted by Gasteiger charge is 2.21. The van der Waals surface area contributed by atoms with E-state index in [1.54, 1.807) is 0 Å². The second kappa shape index (κ2) is 8.93. The van der Waals surface area contributed by atoms with Crippen molar-refractivity contribution in [2.45, 2.75) is 58.9 Å². The molecule has 2 heterocycles. The molecule has 1 aliphatic rings. The standard InChI is InChI=1S/C17H29N3O2/c1-3-4-5-6-7-8-17(21)20-11-9-19(10-12-20)14-16-13-15(2)18-22-16/h13H,3-12,14H2,1-2H3. The number of aryl methyl sites for hydroxylation is 1. The molecule has 2 rings (SSSR count). The number of amides is 1. The van der Waals surface area contributed by atoms with Gasteiger partial charge in [-0.25, -0.2) is 0 Å². The van der Waals surface area contributed by atoms with Crippen molar-refractivity contribution in [1.82, 2.24) is 15.0 Å². The molecule has 1 aromatic heterocycles. The Kier molecular flexibility index (Phi) is 6.90. The molecule has 0 bridgehead atoms. The zero-order chi connectivity index (χ0) is 15.8. The molecule has 124 valence electrons. The van der Waals surface area contributed by atoms with Crippen LogP contribution >= 0.6 is 0 Å². The lowest BCUT2D eigenvalue weighted by molar-refractivity contribution is -0.133. The molecule has 0 N–H and O–H groups in total. The highest BCUT2D eigenvalue weighted by molar-refractivity contribution is 5.76. The molecule has 1 saturated heterocycles. The molecule has 1 fully saturated rings. The fourth-order valence-electron chi connectivity index (χ4n) is 2.90. The Balaban J connectivity index is 1.62. The summed E-state index contributed by atoms with van der Waals surface area (Å²) < 4.78 is 5.25. The highest BCUT2D eigenvalue weighted by atomic mass is 16.5. The molecular weight excluding hydrogens is 278 g/mol. The summed E-state index contributed by atoms with van der Waals surface area (Å²) in [4.78, 5) is 16.5. The van der Waals surface area contributed by atoms with Gasteiger partial charge in [0.1, 0.15) is 0 Å². The van der Waals surface area contributed by atoms with Crippen LogP contribution in [0.4, 0.5) is 0 Å². The summed E-state index contributed by atoms with van der Waals surface area (Å²) in [7, 11) is 0. The van der Waals surface area contributed by atoms with Crippen LogP contribution in [0.1, 0.15) is 56.9 Å². The van der Waals surface area contributed by atoms with Crippen molar-refractivity contribution in [3.63, 3.8) is 0 Å². The van der Waals surface area contributed by atoms with E-state index in [0.717, 1.165) is 50.6 Å². The summed E-state index contributed by atoms with van der Waals surface area (Å²) in [6.07, 6.45) is 6.73. The molecule has 0 aromatic carbocycles. The molecule has 0 atom stereocenters. The number of carbonyl (C=O) groups excluding carboxylic acids is 1. The van der Waals surface area contributed by atoms with E-state index in [0.29, 0.717) is 12.3 Å². The second-order valence-electron chi connectivity index (χ2n) is 6.26. The predicted octanol–water partition coefficient (Wildman–Crippen LogP) is 2.99. The molecule has 0 spiro atoms. The lowest BCUT2D eigenvalue weighted by Crippen LogP contribution is -2.48. The Hall–Kier alpha value is -1.36. The van der Waals surface area contributed by atoms with E-state index < -0.39 is 0 Å². The van der Waals surface area contributed by atoms with Crippen LogP contribution in [-0.4, -0.2) is 47.0 Å². The SMILES string of the molecule is CCCCCCCC(=O)N1CCN(Cc2cc(C)no2)CC1. The normalized spacial score (nSPS) is 16.2. The van der Waals surface area contributed by atoms with Crippen molar-refractivity contribution < 1.29 is 9.32 Å². The Morgan fingerprint density at radius 2 is 1.91 bits per heavy atom. The molecule has 22 heavy (non-hydrogen) atoms. The van der Waals surface area contributed by atoms with Gasteiger partial charge in [0.15, 0.2) is 5.76 Å². The number of carbonyl (C=O) groups is 1. The van der Waals surface area contributed by atoms with Crippen LogP contribution in [0.15, 0.2) is 10.6 Å². The van der Waals surface area contributed by atoms with Crippen LogP contribution in [0.25, 0.3) is 0 Å². The van der Waals surface area contributed by atoms with Gasteiger partial charge in [0.05, 0.1) is 12.2 Å². The third-order valence-corrected chi connectivity index (χ3v) is 4.28. The van der Waals surface area contributed by atoms with Crippen molar-refractivity contribution in [2.24, 2.45) is 0 Å². The van der Waals surface area contributed by atoms with E-state index in [1.807, 2.05) is 17.9 Å². The minimum atomic E-state index is 0.326. The van der Waals surface area contributed by atoms with E-state index in [9.17, 15) is 4.79 Å². The van der Waals surface area contributed by atoms with Gasteiger partial charge in [-0.3, -0.25) is 9.69 Å². The first-order chi connectivity index (χ1) is 10.7. The third kappa shape index (κ3) is 5.44. The maximum Gasteiger partial charge on any atom is 0.222 e. The molecule has 0 unspecified atom stereocenters. The maximum absolute atomic E-state index is 12.2. The first-order valence-corrected chi connectivity index (χ1v) is 8.61. The summed E-state index contributed by atoms with van der Waals surface area (Å²) in [6, 6.07) is 1.98. The summed E-state index contributed by atoms with van der Waals surface area (Å²) in [6.45, 7) is 8.44. The summed E-state index contributed by atoms with van der Waals surface area (Å²) >= 11 is 0. The van der Waals surface area contributed by atoms with Crippen molar-refractivity contribution in [1.29, 1.82) is 0 Å². The zero-order valence-corrected chi connectivity index (χ0v) is 14.0. The van der Waals surface area contributed by atoms with Crippen molar-refractivity contribution in [3.05, 3.63) is 17.5 Å². The molecule has 0 saturated carbocycles. The van der Waals surface area contributed by atoms with Gasteiger partial charge in [-0.2, -0.15) is 0 Å². The Morgan fingerprint density at radius 1 is 1.18 bits per heavy atom. The minimum absolute atomic E-state index is 0.326. The predicted molar refractivity (Wildman–Crippen MR) is 86.5 cm³/mol. The van der Waals surface area contributed by atoms with Crippen LogP contribution in [0.5, 0.6) is 0 Å². The van der Waals surface area contributed by atoms with Gasteiger partial charge >= 0.3 is 0 Å². The van der Waals surface area contributed by atoms with E-state index in [2.05, 4.69) is 17.0 Å². The van der Waals surface area contributed by atoms with Gasteiger partial charge in [0, 0.05) is 38.7 Å². The minimum Gasteiger partial charge on any atom is -0.360 e. The monoisotopic (exact) mass is 307 g/mol. The van der Waals surface area contributed by atoms with Gasteiger partial charge in [-0.15, -0.1) is 0 Å². The molecule has 5 nitrogen and oxygen atoms in total. The number of hydrogen-bond donors (Lipinski definition) is 0. The lowest BCUT2D eigenvalue weighted by Gasteiger charge is -2.34. The van der Waals surface area contributed by atoms with Crippen LogP contribution < -0.4 is 0 Å². The first kappa shape index (κ1) is 17.0. The smallest absolute Gasteiger partial charge is 0.222 e. The van der Waals surface area contributed by atoms with Gasteiger partial charge in [0.2, 0.25) is 5.91 Å². The van der Waals surface area contributed by atoms with Crippen LogP contribution in [0.3, 0.4) is 0 Å². The Labute approximate surface area is 133 Å². The number of hydrogen-bond acceptors (Lipinski definition) is 4. The topological polar surface area (TPSA) is 49.6 Å². The summed E-state index contributed by atoms with van der Waals surface area (Å²) in [5.74, 6) is 1.24. The maximum atomic E-state index is 12.2. The van der Waals surface area contributed by atoms with Crippen LogP contribution in [0.2, 0.25) is 0 Å². The van der Waals surface area contributed by atoms with E-state index in [4.69, 9.17) is 4.52 Å². The van der Waals surface area contributed by atoms with Crippen molar-refractivity contribution in [3.8, 4) is 0 Å². The second-order valence-corrected chi connectivity index (χ2v) is 6.26. The number of aromatic nitrogens is 1.